The lowest BCUT2D eigenvalue weighted by molar-refractivity contribution is -0.132. The number of pyridine rings is 1. The number of nitrogens with one attached hydrogen (secondary N) is 4. The molecule has 2 rings (SSSR count). The molecule has 4 amide bonds. The van der Waals surface area contributed by atoms with E-state index in [-0.39, 0.29) is 30.8 Å². The van der Waals surface area contributed by atoms with Crippen LogP contribution in [0.3, 0.4) is 0 Å². The van der Waals surface area contributed by atoms with Crippen molar-refractivity contribution in [2.75, 3.05) is 18.6 Å². The van der Waals surface area contributed by atoms with Gasteiger partial charge in [0, 0.05) is 30.4 Å². The number of alkyl carbamates (subject to hydrolysis) is 1. The molecule has 44 heavy (non-hydrogen) atoms. The molecule has 0 unspecified atom stereocenters. The number of amides is 4. The first-order valence-electron chi connectivity index (χ1n) is 15.0. The summed E-state index contributed by atoms with van der Waals surface area (Å²) >= 11 is 1.53. The summed E-state index contributed by atoms with van der Waals surface area (Å²) in [5.74, 6) is -1.27. The highest BCUT2D eigenvalue weighted by Gasteiger charge is 2.31. The summed E-state index contributed by atoms with van der Waals surface area (Å²) in [4.78, 5) is 55.6. The zero-order valence-corrected chi connectivity index (χ0v) is 27.1. The summed E-state index contributed by atoms with van der Waals surface area (Å²) in [6.45, 7) is 7.63. The van der Waals surface area contributed by atoms with Gasteiger partial charge in [-0.3, -0.25) is 19.4 Å². The van der Waals surface area contributed by atoms with Crippen molar-refractivity contribution < 1.29 is 29.0 Å². The summed E-state index contributed by atoms with van der Waals surface area (Å²) in [5, 5.41) is 22.4. The fourth-order valence-corrected chi connectivity index (χ4v) is 4.98. The molecule has 1 aromatic carbocycles. The lowest BCUT2D eigenvalue weighted by Gasteiger charge is -2.29. The first kappa shape index (κ1) is 36.6. The molecule has 0 saturated heterocycles. The van der Waals surface area contributed by atoms with Crippen LogP contribution in [0.25, 0.3) is 0 Å². The molecule has 0 radical (unpaired) electrons. The van der Waals surface area contributed by atoms with Crippen molar-refractivity contribution in [3.63, 3.8) is 0 Å². The number of thioether (sulfide) groups is 1. The van der Waals surface area contributed by atoms with Crippen LogP contribution in [-0.2, 0) is 32.1 Å². The lowest BCUT2D eigenvalue weighted by atomic mass is 9.92. The number of hydrogen-bond donors (Lipinski definition) is 5. The van der Waals surface area contributed by atoms with Crippen LogP contribution >= 0.6 is 11.8 Å². The number of nitrogens with zero attached hydrogens (tertiary/aromatic N) is 1. The third-order valence-corrected chi connectivity index (χ3v) is 7.69. The SMILES string of the molecule is CCNC(=O)[C@@H](NC(=O)[C@H](C)C[C@H](O)[C@H](Cc1ccccc1)NC(=O)[C@H](CCSC)NC(=O)OCc1cccnc1)C(C)C. The molecule has 0 aliphatic rings. The number of aromatic nitrogens is 1. The van der Waals surface area contributed by atoms with Gasteiger partial charge in [-0.15, -0.1) is 0 Å². The lowest BCUT2D eigenvalue weighted by Crippen LogP contribution is -2.54. The molecule has 0 fully saturated rings. The van der Waals surface area contributed by atoms with Gasteiger partial charge in [0.05, 0.1) is 12.1 Å². The molecule has 11 nitrogen and oxygen atoms in total. The minimum absolute atomic E-state index is 0.00358. The van der Waals surface area contributed by atoms with Crippen molar-refractivity contribution in [2.24, 2.45) is 11.8 Å². The van der Waals surface area contributed by atoms with E-state index in [0.29, 0.717) is 30.7 Å². The van der Waals surface area contributed by atoms with Gasteiger partial charge >= 0.3 is 6.09 Å². The van der Waals surface area contributed by atoms with E-state index in [1.807, 2.05) is 57.4 Å². The number of aliphatic hydroxyl groups is 1. The minimum Gasteiger partial charge on any atom is -0.445 e. The van der Waals surface area contributed by atoms with Gasteiger partial charge in [0.1, 0.15) is 18.7 Å². The smallest absolute Gasteiger partial charge is 0.408 e. The van der Waals surface area contributed by atoms with E-state index in [1.54, 1.807) is 31.5 Å². The van der Waals surface area contributed by atoms with Crippen LogP contribution < -0.4 is 21.3 Å². The number of benzene rings is 1. The molecule has 0 aliphatic carbocycles. The third-order valence-electron chi connectivity index (χ3n) is 7.04. The van der Waals surface area contributed by atoms with Crippen LogP contribution in [0.15, 0.2) is 54.9 Å². The van der Waals surface area contributed by atoms with Crippen molar-refractivity contribution in [2.45, 2.75) is 77.8 Å². The van der Waals surface area contributed by atoms with Gasteiger partial charge in [-0.1, -0.05) is 57.2 Å². The number of ether oxygens (including phenoxy) is 1. The molecular formula is C32H47N5O6S. The maximum atomic E-state index is 13.5. The van der Waals surface area contributed by atoms with Gasteiger partial charge in [0.25, 0.3) is 0 Å². The van der Waals surface area contributed by atoms with Crippen LogP contribution in [0.5, 0.6) is 0 Å². The monoisotopic (exact) mass is 629 g/mol. The van der Waals surface area contributed by atoms with Gasteiger partial charge in [-0.25, -0.2) is 4.79 Å². The second-order valence-electron chi connectivity index (χ2n) is 11.0. The van der Waals surface area contributed by atoms with E-state index >= 15 is 0 Å². The van der Waals surface area contributed by atoms with Crippen LogP contribution in [-0.4, -0.2) is 76.7 Å². The Morgan fingerprint density at radius 2 is 1.64 bits per heavy atom. The summed E-state index contributed by atoms with van der Waals surface area (Å²) in [6.07, 6.45) is 3.96. The molecule has 0 aliphatic heterocycles. The van der Waals surface area contributed by atoms with Crippen LogP contribution in [0.1, 0.15) is 51.7 Å². The van der Waals surface area contributed by atoms with E-state index in [0.717, 1.165) is 5.56 Å². The van der Waals surface area contributed by atoms with Crippen molar-refractivity contribution in [3.05, 3.63) is 66.0 Å². The Hall–Kier alpha value is -3.64. The molecule has 5 N–H and O–H groups in total. The maximum Gasteiger partial charge on any atom is 0.408 e. The number of carbonyl (C=O) groups excluding carboxylic acids is 4. The maximum absolute atomic E-state index is 13.5. The Morgan fingerprint density at radius 1 is 0.932 bits per heavy atom. The fourth-order valence-electron chi connectivity index (χ4n) is 4.50. The molecular weight excluding hydrogens is 582 g/mol. The topological polar surface area (TPSA) is 159 Å². The summed E-state index contributed by atoms with van der Waals surface area (Å²) in [6, 6.07) is 10.5. The predicted octanol–water partition coefficient (Wildman–Crippen LogP) is 2.82. The first-order valence-corrected chi connectivity index (χ1v) is 16.4. The molecule has 12 heteroatoms. The van der Waals surface area contributed by atoms with Gasteiger partial charge in [-0.05, 0) is 55.7 Å². The van der Waals surface area contributed by atoms with Crippen LogP contribution in [0, 0.1) is 11.8 Å². The Kier molecular flexibility index (Phi) is 16.3. The van der Waals surface area contributed by atoms with E-state index in [9.17, 15) is 24.3 Å². The zero-order chi connectivity index (χ0) is 32.5. The Bertz CT molecular complexity index is 1170. The van der Waals surface area contributed by atoms with Gasteiger partial charge in [-0.2, -0.15) is 11.8 Å². The van der Waals surface area contributed by atoms with E-state index in [4.69, 9.17) is 4.74 Å². The van der Waals surface area contributed by atoms with E-state index < -0.39 is 42.1 Å². The number of aliphatic hydroxyl groups excluding tert-OH is 1. The molecule has 5 atom stereocenters. The quantitative estimate of drug-likeness (QED) is 0.168. The summed E-state index contributed by atoms with van der Waals surface area (Å²) in [7, 11) is 0. The first-order chi connectivity index (χ1) is 21.0. The molecule has 242 valence electrons. The van der Waals surface area contributed by atoms with E-state index in [2.05, 4.69) is 26.3 Å². The highest BCUT2D eigenvalue weighted by Crippen LogP contribution is 2.16. The van der Waals surface area contributed by atoms with Gasteiger partial charge < -0.3 is 31.1 Å². The molecule has 0 saturated carbocycles. The molecule has 1 heterocycles. The number of likely N-dealkylation sites (N-methyl/N-ethyl adjacent to an activating group) is 1. The second kappa shape index (κ2) is 19.6. The van der Waals surface area contributed by atoms with Crippen LogP contribution in [0.4, 0.5) is 4.79 Å². The number of carbonyl (C=O) groups is 4. The average Bonchev–Trinajstić information content (AvgIpc) is 3.01. The van der Waals surface area contributed by atoms with Crippen molar-refractivity contribution >= 4 is 35.6 Å². The molecule has 0 spiro atoms. The average molecular weight is 630 g/mol. The van der Waals surface area contributed by atoms with Crippen molar-refractivity contribution in [3.8, 4) is 0 Å². The fraction of sp³-hybridized carbons (Fsp3) is 0.531. The van der Waals surface area contributed by atoms with Crippen molar-refractivity contribution in [1.82, 2.24) is 26.3 Å². The third kappa shape index (κ3) is 12.9. The van der Waals surface area contributed by atoms with E-state index in [1.165, 1.54) is 11.8 Å². The van der Waals surface area contributed by atoms with Crippen LogP contribution in [0.2, 0.25) is 0 Å². The van der Waals surface area contributed by atoms with Gasteiger partial charge in [0.15, 0.2) is 0 Å². The number of hydrogen-bond acceptors (Lipinski definition) is 8. The Morgan fingerprint density at radius 3 is 2.25 bits per heavy atom. The molecule has 2 aromatic rings. The normalized spacial score (nSPS) is 14.4. The molecule has 0 bridgehead atoms. The Labute approximate surface area is 264 Å². The van der Waals surface area contributed by atoms with Gasteiger partial charge in [0.2, 0.25) is 17.7 Å². The standard InChI is InChI=1S/C32H47N5O6S/c1-6-34-31(41)28(21(2)3)37-29(39)22(4)17-27(38)26(18-23-11-8-7-9-12-23)35-30(40)25(14-16-44-5)36-32(42)43-20-24-13-10-15-33-19-24/h7-13,15,19,21-22,25-28,38H,6,14,16-18,20H2,1-5H3,(H,34,41)(H,35,40)(H,36,42)(H,37,39)/t22-,25+,26+,27+,28+/m1/s1. The summed E-state index contributed by atoms with van der Waals surface area (Å²) < 4.78 is 5.30. The largest absolute Gasteiger partial charge is 0.445 e. The second-order valence-corrected chi connectivity index (χ2v) is 12.0. The van der Waals surface area contributed by atoms with Crippen molar-refractivity contribution in [1.29, 1.82) is 0 Å². The summed E-state index contributed by atoms with van der Waals surface area (Å²) in [5.41, 5.74) is 1.59. The minimum atomic E-state index is -1.10. The zero-order valence-electron chi connectivity index (χ0n) is 26.2. The highest BCUT2D eigenvalue weighted by atomic mass is 32.2. The Balaban J connectivity index is 2.13. The number of rotatable bonds is 18. The predicted molar refractivity (Wildman–Crippen MR) is 172 cm³/mol. The molecule has 1 aromatic heterocycles. The highest BCUT2D eigenvalue weighted by molar-refractivity contribution is 7.98.